The van der Waals surface area contributed by atoms with Crippen LogP contribution < -0.4 is 0 Å². The zero-order valence-electron chi connectivity index (χ0n) is 16.6. The predicted molar refractivity (Wildman–Crippen MR) is 122 cm³/mol. The number of aromatic nitrogens is 1. The van der Waals surface area contributed by atoms with E-state index in [9.17, 15) is 4.79 Å². The molecule has 1 aromatic heterocycles. The number of piperazine rings is 1. The number of nitrogens with zero attached hydrogens (tertiary/aromatic N) is 3. The average Bonchev–Trinajstić information content (AvgIpc) is 3.29. The summed E-state index contributed by atoms with van der Waals surface area (Å²) in [6.07, 6.45) is 0. The van der Waals surface area contributed by atoms with Crippen LogP contribution in [0.5, 0.6) is 0 Å². The minimum atomic E-state index is 0.112. The lowest BCUT2D eigenvalue weighted by Crippen LogP contribution is -2.49. The van der Waals surface area contributed by atoms with Crippen LogP contribution in [0.15, 0.2) is 84.4 Å². The molecule has 2 heterocycles. The molecule has 30 heavy (non-hydrogen) atoms. The second kappa shape index (κ2) is 8.38. The van der Waals surface area contributed by atoms with Gasteiger partial charge in [-0.05, 0) is 29.3 Å². The first kappa shape index (κ1) is 19.0. The van der Waals surface area contributed by atoms with E-state index in [1.807, 2.05) is 28.6 Å². The molecule has 0 radical (unpaired) electrons. The summed E-state index contributed by atoms with van der Waals surface area (Å²) in [7, 11) is 0. The summed E-state index contributed by atoms with van der Waals surface area (Å²) in [4.78, 5) is 21.8. The van der Waals surface area contributed by atoms with Crippen LogP contribution in [0.1, 0.15) is 27.5 Å². The molecule has 1 aliphatic rings. The van der Waals surface area contributed by atoms with Gasteiger partial charge in [0.05, 0.1) is 21.8 Å². The fraction of sp³-hybridized carbons (Fsp3) is 0.200. The third kappa shape index (κ3) is 3.74. The Kier molecular flexibility index (Phi) is 5.30. The van der Waals surface area contributed by atoms with Gasteiger partial charge in [0, 0.05) is 31.7 Å². The van der Waals surface area contributed by atoms with Gasteiger partial charge < -0.3 is 4.90 Å². The Hall–Kier alpha value is -3.02. The van der Waals surface area contributed by atoms with E-state index >= 15 is 0 Å². The molecule has 1 fully saturated rings. The maximum atomic E-state index is 13.1. The Balaban J connectivity index is 1.34. The highest BCUT2D eigenvalue weighted by molar-refractivity contribution is 7.16. The maximum Gasteiger partial charge on any atom is 0.253 e. The molecular weight excluding hydrogens is 390 g/mol. The lowest BCUT2D eigenvalue weighted by molar-refractivity contribution is 0.0597. The molecule has 5 rings (SSSR count). The van der Waals surface area contributed by atoms with E-state index in [0.29, 0.717) is 0 Å². The zero-order valence-corrected chi connectivity index (χ0v) is 17.5. The fourth-order valence-electron chi connectivity index (χ4n) is 4.24. The lowest BCUT2D eigenvalue weighted by Gasteiger charge is -2.39. The van der Waals surface area contributed by atoms with Crippen molar-refractivity contribution in [2.45, 2.75) is 6.04 Å². The van der Waals surface area contributed by atoms with Crippen molar-refractivity contribution in [3.05, 3.63) is 101 Å². The van der Waals surface area contributed by atoms with Gasteiger partial charge in [0.15, 0.2) is 0 Å². The van der Waals surface area contributed by atoms with Gasteiger partial charge in [-0.3, -0.25) is 9.69 Å². The first-order valence-corrected chi connectivity index (χ1v) is 11.1. The molecule has 0 N–H and O–H groups in total. The summed E-state index contributed by atoms with van der Waals surface area (Å²) in [5.41, 5.74) is 6.11. The second-order valence-electron chi connectivity index (χ2n) is 7.59. The van der Waals surface area contributed by atoms with Crippen LogP contribution in [0, 0.1) is 0 Å². The van der Waals surface area contributed by atoms with Gasteiger partial charge in [-0.1, -0.05) is 60.7 Å². The molecule has 3 aromatic carbocycles. The topological polar surface area (TPSA) is 36.4 Å². The van der Waals surface area contributed by atoms with Crippen LogP contribution in [-0.2, 0) is 0 Å². The number of hydrogen-bond acceptors (Lipinski definition) is 4. The van der Waals surface area contributed by atoms with E-state index in [1.165, 1.54) is 11.1 Å². The summed E-state index contributed by atoms with van der Waals surface area (Å²) < 4.78 is 1.06. The van der Waals surface area contributed by atoms with Crippen molar-refractivity contribution >= 4 is 27.5 Å². The first-order valence-electron chi connectivity index (χ1n) is 10.3. The van der Waals surface area contributed by atoms with Gasteiger partial charge in [0.2, 0.25) is 0 Å². The molecular formula is C25H23N3OS. The smallest absolute Gasteiger partial charge is 0.253 e. The van der Waals surface area contributed by atoms with E-state index < -0.39 is 0 Å². The van der Waals surface area contributed by atoms with E-state index in [2.05, 4.69) is 70.5 Å². The van der Waals surface area contributed by atoms with Crippen LogP contribution in [0.3, 0.4) is 0 Å². The SMILES string of the molecule is O=C(c1ccc2ncsc2c1)N1CCN(C(c2ccccc2)c2ccccc2)CC1. The summed E-state index contributed by atoms with van der Waals surface area (Å²) in [6.45, 7) is 3.16. The minimum absolute atomic E-state index is 0.112. The van der Waals surface area contributed by atoms with Crippen molar-refractivity contribution in [2.24, 2.45) is 0 Å². The van der Waals surface area contributed by atoms with Crippen molar-refractivity contribution < 1.29 is 4.79 Å². The standard InChI is InChI=1S/C25H23N3OS/c29-25(21-11-12-22-23(17-21)30-18-26-22)28-15-13-27(14-16-28)24(19-7-3-1-4-8-19)20-9-5-2-6-10-20/h1-12,17-18,24H,13-16H2. The highest BCUT2D eigenvalue weighted by Crippen LogP contribution is 2.30. The molecule has 5 heteroatoms. The van der Waals surface area contributed by atoms with E-state index in [1.54, 1.807) is 11.3 Å². The largest absolute Gasteiger partial charge is 0.336 e. The molecule has 1 saturated heterocycles. The van der Waals surface area contributed by atoms with Crippen molar-refractivity contribution in [1.29, 1.82) is 0 Å². The van der Waals surface area contributed by atoms with Gasteiger partial charge >= 0.3 is 0 Å². The van der Waals surface area contributed by atoms with Gasteiger partial charge in [-0.2, -0.15) is 0 Å². The van der Waals surface area contributed by atoms with E-state index in [-0.39, 0.29) is 11.9 Å². The van der Waals surface area contributed by atoms with Gasteiger partial charge in [0.1, 0.15) is 0 Å². The number of amides is 1. The number of carbonyl (C=O) groups excluding carboxylic acids is 1. The van der Waals surface area contributed by atoms with Crippen LogP contribution in [0.2, 0.25) is 0 Å². The molecule has 0 unspecified atom stereocenters. The Morgan fingerprint density at radius 2 is 1.47 bits per heavy atom. The molecule has 0 aliphatic carbocycles. The van der Waals surface area contributed by atoms with Crippen molar-refractivity contribution in [3.8, 4) is 0 Å². The number of fused-ring (bicyclic) bond motifs is 1. The summed E-state index contributed by atoms with van der Waals surface area (Å²) >= 11 is 1.57. The predicted octanol–water partition coefficient (Wildman–Crippen LogP) is 4.84. The van der Waals surface area contributed by atoms with Crippen LogP contribution in [0.4, 0.5) is 0 Å². The number of rotatable bonds is 4. The maximum absolute atomic E-state index is 13.1. The third-order valence-electron chi connectivity index (χ3n) is 5.78. The Morgan fingerprint density at radius 1 is 0.833 bits per heavy atom. The second-order valence-corrected chi connectivity index (χ2v) is 8.47. The first-order chi connectivity index (χ1) is 14.8. The normalized spacial score (nSPS) is 15.0. The van der Waals surface area contributed by atoms with Gasteiger partial charge in [-0.15, -0.1) is 11.3 Å². The molecule has 0 atom stereocenters. The summed E-state index contributed by atoms with van der Waals surface area (Å²) in [5, 5.41) is 0. The Morgan fingerprint density at radius 3 is 2.10 bits per heavy atom. The van der Waals surface area contributed by atoms with E-state index in [0.717, 1.165) is 42.0 Å². The Bertz CT molecular complexity index is 1100. The van der Waals surface area contributed by atoms with Crippen LogP contribution >= 0.6 is 11.3 Å². The summed E-state index contributed by atoms with van der Waals surface area (Å²) in [5.74, 6) is 0.112. The van der Waals surface area contributed by atoms with Gasteiger partial charge in [0.25, 0.3) is 5.91 Å². The molecule has 4 aromatic rings. The monoisotopic (exact) mass is 413 g/mol. The highest BCUT2D eigenvalue weighted by atomic mass is 32.1. The molecule has 1 aliphatic heterocycles. The zero-order chi connectivity index (χ0) is 20.3. The molecule has 1 amide bonds. The van der Waals surface area contributed by atoms with Crippen molar-refractivity contribution in [2.75, 3.05) is 26.2 Å². The number of carbonyl (C=O) groups is 1. The lowest BCUT2D eigenvalue weighted by atomic mass is 9.96. The third-order valence-corrected chi connectivity index (χ3v) is 6.57. The minimum Gasteiger partial charge on any atom is -0.336 e. The Labute approximate surface area is 180 Å². The van der Waals surface area contributed by atoms with Crippen molar-refractivity contribution in [3.63, 3.8) is 0 Å². The molecule has 0 saturated carbocycles. The quantitative estimate of drug-likeness (QED) is 0.480. The fourth-order valence-corrected chi connectivity index (χ4v) is 4.95. The summed E-state index contributed by atoms with van der Waals surface area (Å²) in [6, 6.07) is 27.3. The van der Waals surface area contributed by atoms with Crippen LogP contribution in [-0.4, -0.2) is 46.9 Å². The average molecular weight is 414 g/mol. The van der Waals surface area contributed by atoms with Crippen molar-refractivity contribution in [1.82, 2.24) is 14.8 Å². The molecule has 150 valence electrons. The highest BCUT2D eigenvalue weighted by Gasteiger charge is 2.28. The number of hydrogen-bond donors (Lipinski definition) is 0. The van der Waals surface area contributed by atoms with Crippen LogP contribution in [0.25, 0.3) is 10.2 Å². The molecule has 0 spiro atoms. The van der Waals surface area contributed by atoms with Gasteiger partial charge in [-0.25, -0.2) is 4.98 Å². The number of benzene rings is 3. The number of thiazole rings is 1. The van der Waals surface area contributed by atoms with E-state index in [4.69, 9.17) is 0 Å². The molecule has 0 bridgehead atoms. The molecule has 4 nitrogen and oxygen atoms in total.